The standard InChI is InChI=1S/C8H12N2O2/c1-10(6-8(9)11)5-7-3-2-4-12-7/h2-4H,5-6H2,1H3,(H2,9,11). The molecule has 12 heavy (non-hydrogen) atoms. The largest absolute Gasteiger partial charge is 0.468 e. The van der Waals surface area contributed by atoms with Crippen LogP contribution in [0, 0.1) is 0 Å². The minimum atomic E-state index is -0.330. The van der Waals surface area contributed by atoms with Gasteiger partial charge in [0.25, 0.3) is 0 Å². The van der Waals surface area contributed by atoms with Gasteiger partial charge in [-0.25, -0.2) is 0 Å². The minimum Gasteiger partial charge on any atom is -0.468 e. The molecular formula is C8H12N2O2. The first-order valence-electron chi connectivity index (χ1n) is 3.67. The van der Waals surface area contributed by atoms with Gasteiger partial charge < -0.3 is 10.2 Å². The van der Waals surface area contributed by atoms with E-state index in [4.69, 9.17) is 10.2 Å². The SMILES string of the molecule is CN(CC(N)=O)Cc1ccco1. The number of rotatable bonds is 4. The zero-order chi connectivity index (χ0) is 8.97. The van der Waals surface area contributed by atoms with Crippen LogP contribution in [0.3, 0.4) is 0 Å². The predicted molar refractivity (Wildman–Crippen MR) is 44.2 cm³/mol. The Balaban J connectivity index is 2.36. The summed E-state index contributed by atoms with van der Waals surface area (Å²) in [6.07, 6.45) is 1.60. The Morgan fingerprint density at radius 2 is 2.50 bits per heavy atom. The molecule has 1 rings (SSSR count). The molecule has 0 fully saturated rings. The summed E-state index contributed by atoms with van der Waals surface area (Å²) in [6.45, 7) is 0.858. The molecular weight excluding hydrogens is 156 g/mol. The number of carbonyl (C=O) groups excluding carboxylic acids is 1. The van der Waals surface area contributed by atoms with E-state index in [1.54, 1.807) is 11.2 Å². The summed E-state index contributed by atoms with van der Waals surface area (Å²) in [5.41, 5.74) is 5.01. The first-order valence-corrected chi connectivity index (χ1v) is 3.67. The molecule has 0 atom stereocenters. The maximum absolute atomic E-state index is 10.5. The molecule has 1 aromatic heterocycles. The Morgan fingerprint density at radius 1 is 1.75 bits per heavy atom. The van der Waals surface area contributed by atoms with Gasteiger partial charge in [0.05, 0.1) is 19.4 Å². The third-order valence-corrected chi connectivity index (χ3v) is 1.43. The molecule has 0 saturated heterocycles. The third kappa shape index (κ3) is 2.75. The number of amides is 1. The molecule has 66 valence electrons. The highest BCUT2D eigenvalue weighted by Gasteiger charge is 2.04. The van der Waals surface area contributed by atoms with E-state index in [0.717, 1.165) is 5.76 Å². The topological polar surface area (TPSA) is 59.5 Å². The van der Waals surface area contributed by atoms with Crippen molar-refractivity contribution in [2.45, 2.75) is 6.54 Å². The summed E-state index contributed by atoms with van der Waals surface area (Å²) in [4.78, 5) is 12.3. The van der Waals surface area contributed by atoms with Crippen molar-refractivity contribution in [1.29, 1.82) is 0 Å². The van der Waals surface area contributed by atoms with Crippen molar-refractivity contribution in [2.75, 3.05) is 13.6 Å². The van der Waals surface area contributed by atoms with E-state index in [2.05, 4.69) is 0 Å². The second kappa shape index (κ2) is 3.92. The molecule has 4 heteroatoms. The Bertz CT molecular complexity index is 244. The third-order valence-electron chi connectivity index (χ3n) is 1.43. The zero-order valence-electron chi connectivity index (χ0n) is 6.99. The number of hydrogen-bond donors (Lipinski definition) is 1. The van der Waals surface area contributed by atoms with Gasteiger partial charge in [-0.15, -0.1) is 0 Å². The highest BCUT2D eigenvalue weighted by atomic mass is 16.3. The quantitative estimate of drug-likeness (QED) is 0.698. The first-order chi connectivity index (χ1) is 5.68. The Hall–Kier alpha value is -1.29. The van der Waals surface area contributed by atoms with Crippen LogP contribution in [0.2, 0.25) is 0 Å². The maximum Gasteiger partial charge on any atom is 0.231 e. The van der Waals surface area contributed by atoms with Crippen molar-refractivity contribution < 1.29 is 9.21 Å². The van der Waals surface area contributed by atoms with Crippen molar-refractivity contribution in [2.24, 2.45) is 5.73 Å². The van der Waals surface area contributed by atoms with Crippen LogP contribution in [-0.2, 0) is 11.3 Å². The van der Waals surface area contributed by atoms with Crippen molar-refractivity contribution in [1.82, 2.24) is 4.90 Å². The number of furan rings is 1. The second-order valence-electron chi connectivity index (χ2n) is 2.72. The van der Waals surface area contributed by atoms with Crippen LogP contribution in [0.25, 0.3) is 0 Å². The lowest BCUT2D eigenvalue weighted by molar-refractivity contribution is -0.119. The van der Waals surface area contributed by atoms with Gasteiger partial charge in [-0.05, 0) is 19.2 Å². The molecule has 0 aliphatic carbocycles. The normalized spacial score (nSPS) is 10.5. The number of hydrogen-bond acceptors (Lipinski definition) is 3. The lowest BCUT2D eigenvalue weighted by Gasteiger charge is -2.11. The fourth-order valence-corrected chi connectivity index (χ4v) is 0.991. The predicted octanol–water partition coefficient (Wildman–Crippen LogP) is 0.197. The number of nitrogens with two attached hydrogens (primary N) is 1. The lowest BCUT2D eigenvalue weighted by atomic mass is 10.4. The minimum absolute atomic E-state index is 0.251. The first kappa shape index (κ1) is 8.80. The molecule has 0 saturated carbocycles. The van der Waals surface area contributed by atoms with Gasteiger partial charge in [-0.2, -0.15) is 0 Å². The van der Waals surface area contributed by atoms with Crippen molar-refractivity contribution in [3.05, 3.63) is 24.2 Å². The summed E-state index contributed by atoms with van der Waals surface area (Å²) in [5, 5.41) is 0. The summed E-state index contributed by atoms with van der Waals surface area (Å²) in [7, 11) is 1.81. The van der Waals surface area contributed by atoms with E-state index in [0.29, 0.717) is 6.54 Å². The van der Waals surface area contributed by atoms with Gasteiger partial charge in [-0.3, -0.25) is 9.69 Å². The summed E-state index contributed by atoms with van der Waals surface area (Å²) < 4.78 is 5.09. The van der Waals surface area contributed by atoms with Crippen LogP contribution >= 0.6 is 0 Å². The van der Waals surface area contributed by atoms with E-state index >= 15 is 0 Å². The maximum atomic E-state index is 10.5. The van der Waals surface area contributed by atoms with Crippen molar-refractivity contribution >= 4 is 5.91 Å². The van der Waals surface area contributed by atoms with Gasteiger partial charge in [-0.1, -0.05) is 0 Å². The van der Waals surface area contributed by atoms with Gasteiger partial charge in [0, 0.05) is 0 Å². The van der Waals surface area contributed by atoms with Crippen molar-refractivity contribution in [3.8, 4) is 0 Å². The van der Waals surface area contributed by atoms with Crippen LogP contribution in [0.15, 0.2) is 22.8 Å². The van der Waals surface area contributed by atoms with Crippen LogP contribution in [0.4, 0.5) is 0 Å². The highest BCUT2D eigenvalue weighted by Crippen LogP contribution is 2.02. The van der Waals surface area contributed by atoms with Crippen LogP contribution in [0.1, 0.15) is 5.76 Å². The average molecular weight is 168 g/mol. The summed E-state index contributed by atoms with van der Waals surface area (Å²) in [5.74, 6) is 0.503. The molecule has 1 aromatic rings. The van der Waals surface area contributed by atoms with Crippen LogP contribution < -0.4 is 5.73 Å². The molecule has 0 aromatic carbocycles. The molecule has 0 spiro atoms. The Labute approximate surface area is 70.9 Å². The van der Waals surface area contributed by atoms with E-state index in [9.17, 15) is 4.79 Å². The van der Waals surface area contributed by atoms with Crippen LogP contribution in [-0.4, -0.2) is 24.4 Å². The highest BCUT2D eigenvalue weighted by molar-refractivity contribution is 5.75. The summed E-state index contributed by atoms with van der Waals surface area (Å²) >= 11 is 0. The molecule has 0 unspecified atom stereocenters. The lowest BCUT2D eigenvalue weighted by Crippen LogP contribution is -2.30. The molecule has 0 bridgehead atoms. The zero-order valence-corrected chi connectivity index (χ0v) is 6.99. The Morgan fingerprint density at radius 3 is 3.00 bits per heavy atom. The van der Waals surface area contributed by atoms with E-state index in [1.807, 2.05) is 19.2 Å². The number of primary amides is 1. The number of carbonyl (C=O) groups is 1. The number of nitrogens with zero attached hydrogens (tertiary/aromatic N) is 1. The van der Waals surface area contributed by atoms with Gasteiger partial charge in [0.1, 0.15) is 5.76 Å². The van der Waals surface area contributed by atoms with Gasteiger partial charge in [0.15, 0.2) is 0 Å². The van der Waals surface area contributed by atoms with Crippen molar-refractivity contribution in [3.63, 3.8) is 0 Å². The molecule has 0 aliphatic heterocycles. The molecule has 2 N–H and O–H groups in total. The fourth-order valence-electron chi connectivity index (χ4n) is 0.991. The molecule has 1 amide bonds. The van der Waals surface area contributed by atoms with Gasteiger partial charge in [0.2, 0.25) is 5.91 Å². The van der Waals surface area contributed by atoms with Crippen LogP contribution in [0.5, 0.6) is 0 Å². The fraction of sp³-hybridized carbons (Fsp3) is 0.375. The van der Waals surface area contributed by atoms with E-state index in [1.165, 1.54) is 0 Å². The molecule has 1 heterocycles. The summed E-state index contributed by atoms with van der Waals surface area (Å²) in [6, 6.07) is 3.67. The van der Waals surface area contributed by atoms with E-state index < -0.39 is 0 Å². The van der Waals surface area contributed by atoms with Gasteiger partial charge >= 0.3 is 0 Å². The molecule has 0 aliphatic rings. The smallest absolute Gasteiger partial charge is 0.231 e. The second-order valence-corrected chi connectivity index (χ2v) is 2.72. The van der Waals surface area contributed by atoms with E-state index in [-0.39, 0.29) is 12.5 Å². The molecule has 4 nitrogen and oxygen atoms in total. The Kier molecular flexibility index (Phi) is 2.88. The number of likely N-dealkylation sites (N-methyl/N-ethyl adjacent to an activating group) is 1. The molecule has 0 radical (unpaired) electrons. The monoisotopic (exact) mass is 168 g/mol. The average Bonchev–Trinajstić information content (AvgIpc) is 2.37.